The third kappa shape index (κ3) is 3.24. The average Bonchev–Trinajstić information content (AvgIpc) is 3.15. The van der Waals surface area contributed by atoms with Gasteiger partial charge in [0, 0.05) is 11.9 Å². The molecule has 0 aliphatic heterocycles. The fourth-order valence-electron chi connectivity index (χ4n) is 2.82. The topological polar surface area (TPSA) is 89.4 Å². The summed E-state index contributed by atoms with van der Waals surface area (Å²) in [5, 5.41) is 8.50. The van der Waals surface area contributed by atoms with Gasteiger partial charge in [-0.3, -0.25) is 9.20 Å². The van der Waals surface area contributed by atoms with Crippen LogP contribution in [0.3, 0.4) is 0 Å². The molecule has 8 heteroatoms. The number of ether oxygens (including phenoxy) is 1. The predicted octanol–water partition coefficient (Wildman–Crippen LogP) is 3.21. The van der Waals surface area contributed by atoms with Crippen molar-refractivity contribution in [2.24, 2.45) is 0 Å². The summed E-state index contributed by atoms with van der Waals surface area (Å²) in [6.07, 6.45) is 1.86. The predicted molar refractivity (Wildman–Crippen MR) is 98.9 cm³/mol. The Balaban J connectivity index is 1.85. The molecule has 3 rings (SSSR count). The van der Waals surface area contributed by atoms with E-state index in [9.17, 15) is 9.59 Å². The molecule has 3 aromatic rings. The first-order valence-electron chi connectivity index (χ1n) is 8.31. The number of carbonyl (C=O) groups is 2. The molecule has 1 atom stereocenters. The fraction of sp³-hybridized carbons (Fsp3) is 0.333. The Hall–Kier alpha value is -2.61. The SMILES string of the molecule is CCOC(=O)c1c(C)[nH]c(C(=O)[C@@H](C)Sc2nnc3ccccn23)c1C. The van der Waals surface area contributed by atoms with Crippen LogP contribution in [0.2, 0.25) is 0 Å². The van der Waals surface area contributed by atoms with Gasteiger partial charge in [0.15, 0.2) is 16.6 Å². The number of hydrogen-bond donors (Lipinski definition) is 1. The summed E-state index contributed by atoms with van der Waals surface area (Å²) in [7, 11) is 0. The van der Waals surface area contributed by atoms with Crippen molar-refractivity contribution in [1.29, 1.82) is 0 Å². The van der Waals surface area contributed by atoms with Gasteiger partial charge >= 0.3 is 5.97 Å². The number of thioether (sulfide) groups is 1. The first kappa shape index (κ1) is 18.2. The van der Waals surface area contributed by atoms with E-state index >= 15 is 0 Å². The Labute approximate surface area is 155 Å². The molecule has 0 aromatic carbocycles. The number of aryl methyl sites for hydroxylation is 1. The van der Waals surface area contributed by atoms with Crippen LogP contribution in [-0.2, 0) is 4.74 Å². The summed E-state index contributed by atoms with van der Waals surface area (Å²) in [5.74, 6) is -0.514. The minimum absolute atomic E-state index is 0.0983. The van der Waals surface area contributed by atoms with E-state index in [0.717, 1.165) is 5.65 Å². The maximum Gasteiger partial charge on any atom is 0.340 e. The van der Waals surface area contributed by atoms with E-state index in [4.69, 9.17) is 4.74 Å². The molecule has 3 aromatic heterocycles. The lowest BCUT2D eigenvalue weighted by atomic mass is 10.1. The van der Waals surface area contributed by atoms with Gasteiger partial charge in [0.1, 0.15) is 0 Å². The van der Waals surface area contributed by atoms with E-state index in [0.29, 0.717) is 34.3 Å². The van der Waals surface area contributed by atoms with E-state index in [-0.39, 0.29) is 5.78 Å². The van der Waals surface area contributed by atoms with Crippen LogP contribution in [0.15, 0.2) is 29.6 Å². The second-order valence-electron chi connectivity index (χ2n) is 5.88. The third-order valence-electron chi connectivity index (χ3n) is 4.10. The smallest absolute Gasteiger partial charge is 0.340 e. The number of Topliss-reactive ketones (excluding diaryl/α,β-unsaturated/α-hetero) is 1. The summed E-state index contributed by atoms with van der Waals surface area (Å²) in [6.45, 7) is 7.38. The molecule has 0 unspecified atom stereocenters. The molecule has 0 spiro atoms. The molecular weight excluding hydrogens is 352 g/mol. The van der Waals surface area contributed by atoms with Crippen molar-refractivity contribution in [3.63, 3.8) is 0 Å². The van der Waals surface area contributed by atoms with E-state index in [1.165, 1.54) is 11.8 Å². The van der Waals surface area contributed by atoms with Crippen molar-refractivity contribution in [3.8, 4) is 0 Å². The van der Waals surface area contributed by atoms with Crippen molar-refractivity contribution in [1.82, 2.24) is 19.6 Å². The minimum Gasteiger partial charge on any atom is -0.462 e. The van der Waals surface area contributed by atoms with Crippen LogP contribution in [0.1, 0.15) is 46.0 Å². The maximum absolute atomic E-state index is 12.9. The molecule has 0 fully saturated rings. The van der Waals surface area contributed by atoms with Crippen LogP contribution in [0, 0.1) is 13.8 Å². The van der Waals surface area contributed by atoms with Gasteiger partial charge in [-0.05, 0) is 45.4 Å². The number of esters is 1. The third-order valence-corrected chi connectivity index (χ3v) is 5.15. The monoisotopic (exact) mass is 372 g/mol. The summed E-state index contributed by atoms with van der Waals surface area (Å²) < 4.78 is 6.92. The molecule has 0 bridgehead atoms. The lowest BCUT2D eigenvalue weighted by Crippen LogP contribution is -2.16. The Bertz CT molecular complexity index is 976. The van der Waals surface area contributed by atoms with Gasteiger partial charge in [0.25, 0.3) is 0 Å². The van der Waals surface area contributed by atoms with E-state index < -0.39 is 11.2 Å². The number of carbonyl (C=O) groups excluding carboxylic acids is 2. The normalized spacial score (nSPS) is 12.3. The van der Waals surface area contributed by atoms with Crippen molar-refractivity contribution in [2.45, 2.75) is 38.1 Å². The molecule has 0 amide bonds. The Morgan fingerprint density at radius 3 is 2.81 bits per heavy atom. The van der Waals surface area contributed by atoms with Crippen LogP contribution >= 0.6 is 11.8 Å². The second kappa shape index (κ2) is 7.33. The Morgan fingerprint density at radius 1 is 1.31 bits per heavy atom. The molecule has 0 saturated carbocycles. The first-order valence-corrected chi connectivity index (χ1v) is 9.18. The van der Waals surface area contributed by atoms with Crippen molar-refractivity contribution >= 4 is 29.2 Å². The number of aromatic nitrogens is 4. The number of nitrogens with one attached hydrogen (secondary N) is 1. The molecule has 0 saturated heterocycles. The van der Waals surface area contributed by atoms with Crippen molar-refractivity contribution < 1.29 is 14.3 Å². The highest BCUT2D eigenvalue weighted by molar-refractivity contribution is 8.00. The highest BCUT2D eigenvalue weighted by atomic mass is 32.2. The number of rotatable bonds is 6. The molecule has 0 aliphatic rings. The van der Waals surface area contributed by atoms with E-state index in [1.54, 1.807) is 20.8 Å². The van der Waals surface area contributed by atoms with Crippen molar-refractivity contribution in [2.75, 3.05) is 6.61 Å². The highest BCUT2D eigenvalue weighted by Gasteiger charge is 2.27. The van der Waals surface area contributed by atoms with Gasteiger partial charge in [0.05, 0.1) is 23.1 Å². The van der Waals surface area contributed by atoms with Gasteiger partial charge in [-0.15, -0.1) is 10.2 Å². The number of aromatic amines is 1. The van der Waals surface area contributed by atoms with Crippen LogP contribution < -0.4 is 0 Å². The summed E-state index contributed by atoms with van der Waals surface area (Å²) in [6, 6.07) is 5.62. The standard InChI is InChI=1S/C18H20N4O3S/c1-5-25-17(24)14-10(2)15(19-11(14)3)16(23)12(4)26-18-21-20-13-8-6-7-9-22(13)18/h6-9,12,19H,5H2,1-4H3/t12-/m1/s1. The Morgan fingerprint density at radius 2 is 2.08 bits per heavy atom. The zero-order valence-corrected chi connectivity index (χ0v) is 15.9. The zero-order chi connectivity index (χ0) is 18.8. The van der Waals surface area contributed by atoms with Gasteiger partial charge in [-0.1, -0.05) is 17.8 Å². The second-order valence-corrected chi connectivity index (χ2v) is 7.19. The summed E-state index contributed by atoms with van der Waals surface area (Å²) in [5.41, 5.74) is 2.84. The van der Waals surface area contributed by atoms with Gasteiger partial charge < -0.3 is 9.72 Å². The first-order chi connectivity index (χ1) is 12.4. The number of hydrogen-bond acceptors (Lipinski definition) is 6. The highest BCUT2D eigenvalue weighted by Crippen LogP contribution is 2.27. The maximum atomic E-state index is 12.9. The number of ketones is 1. The number of pyridine rings is 1. The molecule has 3 heterocycles. The number of H-pyrrole nitrogens is 1. The molecule has 136 valence electrons. The van der Waals surface area contributed by atoms with Crippen LogP contribution in [0.25, 0.3) is 5.65 Å². The fourth-order valence-corrected chi connectivity index (χ4v) is 3.72. The number of fused-ring (bicyclic) bond motifs is 1. The van der Waals surface area contributed by atoms with Crippen LogP contribution in [0.5, 0.6) is 0 Å². The van der Waals surface area contributed by atoms with Gasteiger partial charge in [-0.2, -0.15) is 0 Å². The Kier molecular flexibility index (Phi) is 5.13. The van der Waals surface area contributed by atoms with Crippen LogP contribution in [0.4, 0.5) is 0 Å². The quantitative estimate of drug-likeness (QED) is 0.406. The lowest BCUT2D eigenvalue weighted by molar-refractivity contribution is 0.0525. The van der Waals surface area contributed by atoms with Gasteiger partial charge in [0.2, 0.25) is 0 Å². The zero-order valence-electron chi connectivity index (χ0n) is 15.1. The largest absolute Gasteiger partial charge is 0.462 e. The molecule has 0 aliphatic carbocycles. The van der Waals surface area contributed by atoms with E-state index in [2.05, 4.69) is 15.2 Å². The van der Waals surface area contributed by atoms with Crippen molar-refractivity contribution in [3.05, 3.63) is 46.9 Å². The molecule has 26 heavy (non-hydrogen) atoms. The molecule has 0 radical (unpaired) electrons. The van der Waals surface area contributed by atoms with E-state index in [1.807, 2.05) is 35.7 Å². The number of nitrogens with zero attached hydrogens (tertiary/aromatic N) is 3. The minimum atomic E-state index is -0.415. The molecule has 7 nitrogen and oxygen atoms in total. The summed E-state index contributed by atoms with van der Waals surface area (Å²) >= 11 is 1.33. The average molecular weight is 372 g/mol. The summed E-state index contributed by atoms with van der Waals surface area (Å²) in [4.78, 5) is 28.1. The lowest BCUT2D eigenvalue weighted by Gasteiger charge is -2.09. The van der Waals surface area contributed by atoms with Gasteiger partial charge in [-0.25, -0.2) is 4.79 Å². The molecular formula is C18H20N4O3S. The molecule has 1 N–H and O–H groups in total. The van der Waals surface area contributed by atoms with Crippen LogP contribution in [-0.4, -0.2) is 43.2 Å².